The van der Waals surface area contributed by atoms with E-state index in [0.717, 1.165) is 17.7 Å². The van der Waals surface area contributed by atoms with E-state index in [-0.39, 0.29) is 30.5 Å². The van der Waals surface area contributed by atoms with Crippen LogP contribution < -0.4 is 9.64 Å². The van der Waals surface area contributed by atoms with Gasteiger partial charge in [0.15, 0.2) is 0 Å². The fourth-order valence-electron chi connectivity index (χ4n) is 3.48. The van der Waals surface area contributed by atoms with Crippen molar-refractivity contribution in [3.05, 3.63) is 59.2 Å². The highest BCUT2D eigenvalue weighted by molar-refractivity contribution is 6.04. The molecular weight excluding hydrogens is 357 g/mol. The van der Waals surface area contributed by atoms with Crippen LogP contribution in [0.2, 0.25) is 0 Å². The van der Waals surface area contributed by atoms with Crippen LogP contribution >= 0.6 is 0 Å². The molecule has 0 atom stereocenters. The number of anilines is 1. The summed E-state index contributed by atoms with van der Waals surface area (Å²) in [5.74, 6) is 0.0503. The first-order valence-electron chi connectivity index (χ1n) is 8.52. The van der Waals surface area contributed by atoms with E-state index in [9.17, 15) is 18.0 Å². The second kappa shape index (κ2) is 6.02. The van der Waals surface area contributed by atoms with Crippen LogP contribution in [0.5, 0.6) is 5.75 Å². The predicted octanol–water partition coefficient (Wildman–Crippen LogP) is 4.03. The molecule has 2 aliphatic rings. The minimum atomic E-state index is -4.49. The van der Waals surface area contributed by atoms with Crippen molar-refractivity contribution in [2.45, 2.75) is 24.4 Å². The Balaban J connectivity index is 1.70. The van der Waals surface area contributed by atoms with Gasteiger partial charge in [-0.2, -0.15) is 18.4 Å². The van der Waals surface area contributed by atoms with E-state index in [1.165, 1.54) is 11.0 Å². The summed E-state index contributed by atoms with van der Waals surface area (Å²) in [5, 5.41) is 8.93. The quantitative estimate of drug-likeness (QED) is 0.800. The van der Waals surface area contributed by atoms with Gasteiger partial charge in [0.25, 0.3) is 0 Å². The molecule has 0 aromatic heterocycles. The number of halogens is 3. The number of hydrogen-bond acceptors (Lipinski definition) is 3. The topological polar surface area (TPSA) is 53.3 Å². The van der Waals surface area contributed by atoms with E-state index < -0.39 is 17.2 Å². The third-order valence-electron chi connectivity index (χ3n) is 5.12. The molecule has 0 unspecified atom stereocenters. The predicted molar refractivity (Wildman–Crippen MR) is 91.4 cm³/mol. The lowest BCUT2D eigenvalue weighted by molar-refractivity contribution is -0.137. The molecule has 138 valence electrons. The Labute approximate surface area is 153 Å². The second-order valence-corrected chi connectivity index (χ2v) is 6.76. The summed E-state index contributed by atoms with van der Waals surface area (Å²) in [5.41, 5.74) is -0.120. The van der Waals surface area contributed by atoms with Crippen molar-refractivity contribution >= 4 is 11.6 Å². The highest BCUT2D eigenvalue weighted by Gasteiger charge is 2.54. The van der Waals surface area contributed by atoms with Crippen molar-refractivity contribution < 1.29 is 22.7 Å². The van der Waals surface area contributed by atoms with Gasteiger partial charge in [-0.3, -0.25) is 4.79 Å². The zero-order valence-corrected chi connectivity index (χ0v) is 14.2. The Morgan fingerprint density at radius 1 is 1.15 bits per heavy atom. The van der Waals surface area contributed by atoms with E-state index in [0.29, 0.717) is 18.4 Å². The van der Waals surface area contributed by atoms with Gasteiger partial charge in [-0.25, -0.2) is 0 Å². The molecule has 0 N–H and O–H groups in total. The van der Waals surface area contributed by atoms with Crippen LogP contribution in [0.25, 0.3) is 0 Å². The summed E-state index contributed by atoms with van der Waals surface area (Å²) in [6.07, 6.45) is -3.24. The summed E-state index contributed by atoms with van der Waals surface area (Å²) in [6, 6.07) is 12.0. The van der Waals surface area contributed by atoms with Gasteiger partial charge in [0.1, 0.15) is 12.4 Å². The molecule has 1 fully saturated rings. The van der Waals surface area contributed by atoms with Crippen LogP contribution in [0.1, 0.15) is 29.5 Å². The molecule has 1 aliphatic carbocycles. The molecule has 1 aliphatic heterocycles. The first kappa shape index (κ1) is 17.4. The minimum Gasteiger partial charge on any atom is -0.490 e. The smallest absolute Gasteiger partial charge is 0.416 e. The zero-order valence-electron chi connectivity index (χ0n) is 14.2. The Morgan fingerprint density at radius 2 is 1.85 bits per heavy atom. The van der Waals surface area contributed by atoms with Gasteiger partial charge in [0.05, 0.1) is 34.8 Å². The number of nitrogens with zero attached hydrogens (tertiary/aromatic N) is 2. The lowest BCUT2D eigenvalue weighted by Gasteiger charge is -2.33. The van der Waals surface area contributed by atoms with Gasteiger partial charge >= 0.3 is 6.18 Å². The Kier molecular flexibility index (Phi) is 3.88. The fourth-order valence-corrected chi connectivity index (χ4v) is 3.48. The number of ether oxygens (including phenoxy) is 1. The molecule has 27 heavy (non-hydrogen) atoms. The van der Waals surface area contributed by atoms with Crippen LogP contribution in [0, 0.1) is 11.3 Å². The molecule has 7 heteroatoms. The summed E-state index contributed by atoms with van der Waals surface area (Å²) in [7, 11) is 0. The summed E-state index contributed by atoms with van der Waals surface area (Å²) in [6.45, 7) is 0.429. The van der Waals surface area contributed by atoms with Crippen molar-refractivity contribution in [1.82, 2.24) is 0 Å². The molecule has 2 aromatic rings. The molecule has 0 spiro atoms. The summed E-state index contributed by atoms with van der Waals surface area (Å²) >= 11 is 0. The minimum absolute atomic E-state index is 0.154. The van der Waals surface area contributed by atoms with Crippen molar-refractivity contribution in [2.24, 2.45) is 0 Å². The van der Waals surface area contributed by atoms with Gasteiger partial charge in [-0.15, -0.1) is 0 Å². The maximum Gasteiger partial charge on any atom is 0.416 e. The lowest BCUT2D eigenvalue weighted by atomic mass is 9.93. The normalized spacial score (nSPS) is 17.5. The number of hydrogen-bond donors (Lipinski definition) is 0. The number of alkyl halides is 3. The van der Waals surface area contributed by atoms with Crippen LogP contribution in [-0.4, -0.2) is 19.1 Å². The molecule has 0 saturated heterocycles. The fraction of sp³-hybridized carbons (Fsp3) is 0.300. The van der Waals surface area contributed by atoms with E-state index in [4.69, 9.17) is 10.00 Å². The van der Waals surface area contributed by atoms with Gasteiger partial charge < -0.3 is 9.64 Å². The number of benzene rings is 2. The first-order chi connectivity index (χ1) is 12.8. The number of rotatable bonds is 2. The molecule has 4 nitrogen and oxygen atoms in total. The molecule has 1 saturated carbocycles. The number of carbonyl (C=O) groups excluding carboxylic acids is 1. The number of fused-ring (bicyclic) bond motifs is 1. The van der Waals surface area contributed by atoms with Crippen molar-refractivity contribution in [1.29, 1.82) is 5.26 Å². The first-order valence-corrected chi connectivity index (χ1v) is 8.52. The standard InChI is InChI=1S/C20H15F3N2O2/c21-20(22,23)15-5-6-17-16(11-15)25(9-10-27-17)18(26)19(7-8-19)14-3-1-13(12-24)2-4-14/h1-6,11H,7-10H2. The van der Waals surface area contributed by atoms with Crippen LogP contribution in [0.15, 0.2) is 42.5 Å². The summed E-state index contributed by atoms with van der Waals surface area (Å²) < 4.78 is 44.7. The van der Waals surface area contributed by atoms with Gasteiger partial charge in [0, 0.05) is 0 Å². The summed E-state index contributed by atoms with van der Waals surface area (Å²) in [4.78, 5) is 14.7. The third kappa shape index (κ3) is 2.91. The lowest BCUT2D eigenvalue weighted by Crippen LogP contribution is -2.44. The van der Waals surface area contributed by atoms with Gasteiger partial charge in [-0.1, -0.05) is 12.1 Å². The molecule has 1 amide bonds. The second-order valence-electron chi connectivity index (χ2n) is 6.76. The van der Waals surface area contributed by atoms with E-state index in [2.05, 4.69) is 0 Å². The third-order valence-corrected chi connectivity index (χ3v) is 5.12. The van der Waals surface area contributed by atoms with Crippen LogP contribution in [0.4, 0.5) is 18.9 Å². The molecule has 1 heterocycles. The number of carbonyl (C=O) groups is 1. The van der Waals surface area contributed by atoms with E-state index in [1.807, 2.05) is 6.07 Å². The maximum absolute atomic E-state index is 13.3. The average Bonchev–Trinajstić information content (AvgIpc) is 3.48. The highest BCUT2D eigenvalue weighted by atomic mass is 19.4. The van der Waals surface area contributed by atoms with Gasteiger partial charge in [-0.05, 0) is 48.7 Å². The molecular formula is C20H15F3N2O2. The Bertz CT molecular complexity index is 941. The monoisotopic (exact) mass is 372 g/mol. The van der Waals surface area contributed by atoms with E-state index in [1.54, 1.807) is 24.3 Å². The molecule has 0 bridgehead atoms. The van der Waals surface area contributed by atoms with Gasteiger partial charge in [0.2, 0.25) is 5.91 Å². The Morgan fingerprint density at radius 3 is 2.44 bits per heavy atom. The number of amides is 1. The average molecular weight is 372 g/mol. The molecule has 4 rings (SSSR count). The van der Waals surface area contributed by atoms with Crippen molar-refractivity contribution in [3.8, 4) is 11.8 Å². The van der Waals surface area contributed by atoms with E-state index >= 15 is 0 Å². The Hall–Kier alpha value is -3.01. The highest BCUT2D eigenvalue weighted by Crippen LogP contribution is 2.51. The van der Waals surface area contributed by atoms with Crippen molar-refractivity contribution in [3.63, 3.8) is 0 Å². The number of nitriles is 1. The SMILES string of the molecule is N#Cc1ccc(C2(C(=O)N3CCOc4ccc(C(F)(F)F)cc43)CC2)cc1. The zero-order chi connectivity index (χ0) is 19.2. The molecule has 0 radical (unpaired) electrons. The van der Waals surface area contributed by atoms with Crippen LogP contribution in [-0.2, 0) is 16.4 Å². The van der Waals surface area contributed by atoms with Crippen LogP contribution in [0.3, 0.4) is 0 Å². The maximum atomic E-state index is 13.3. The van der Waals surface area contributed by atoms with Crippen molar-refractivity contribution in [2.75, 3.05) is 18.1 Å². The molecule has 2 aromatic carbocycles. The largest absolute Gasteiger partial charge is 0.490 e.